The number of aromatic nitrogens is 1. The number of urea groups is 1. The molecule has 3 aromatic rings. The molecule has 2 heterocycles. The molecule has 0 saturated carbocycles. The largest absolute Gasteiger partial charge is 0.497 e. The van der Waals surface area contributed by atoms with Crippen LogP contribution in [0, 0.1) is 0 Å². The minimum absolute atomic E-state index is 0.211. The molecule has 0 aliphatic carbocycles. The molecule has 4 rings (SSSR count). The van der Waals surface area contributed by atoms with Gasteiger partial charge in [0.2, 0.25) is 5.91 Å². The number of methoxy groups -OCH3 is 1. The van der Waals surface area contributed by atoms with E-state index in [1.54, 1.807) is 42.7 Å². The summed E-state index contributed by atoms with van der Waals surface area (Å²) < 4.78 is 6.30. The van der Waals surface area contributed by atoms with Crippen LogP contribution < -0.4 is 15.4 Å². The first-order valence-electron chi connectivity index (χ1n) is 9.93. The maximum absolute atomic E-state index is 12.2. The number of hydrogen-bond acceptors (Lipinski definition) is 6. The van der Waals surface area contributed by atoms with Crippen molar-refractivity contribution in [2.24, 2.45) is 0 Å². The van der Waals surface area contributed by atoms with Gasteiger partial charge in [0.15, 0.2) is 0 Å². The Morgan fingerprint density at radius 2 is 1.87 bits per heavy atom. The molecule has 1 fully saturated rings. The van der Waals surface area contributed by atoms with Crippen molar-refractivity contribution in [1.82, 2.24) is 15.2 Å². The van der Waals surface area contributed by atoms with Crippen molar-refractivity contribution in [3.05, 3.63) is 53.5 Å². The number of benzene rings is 2. The fourth-order valence-corrected chi connectivity index (χ4v) is 4.75. The number of rotatable bonds is 5. The first kappa shape index (κ1) is 20.3. The molecular weight excluding hydrogens is 400 g/mol. The molecule has 0 unspecified atom stereocenters. The molecule has 156 valence electrons. The third kappa shape index (κ3) is 4.95. The van der Waals surface area contributed by atoms with Crippen molar-refractivity contribution in [2.75, 3.05) is 32.1 Å². The molecule has 1 saturated heterocycles. The maximum Gasteiger partial charge on any atom is 0.325 e. The van der Waals surface area contributed by atoms with Crippen molar-refractivity contribution in [2.45, 2.75) is 18.8 Å². The van der Waals surface area contributed by atoms with E-state index >= 15 is 0 Å². The van der Waals surface area contributed by atoms with Gasteiger partial charge >= 0.3 is 6.03 Å². The Morgan fingerprint density at radius 1 is 1.13 bits per heavy atom. The van der Waals surface area contributed by atoms with E-state index in [1.807, 2.05) is 18.2 Å². The Labute approximate surface area is 179 Å². The fourth-order valence-electron chi connectivity index (χ4n) is 3.61. The van der Waals surface area contributed by atoms with Crippen molar-refractivity contribution in [3.63, 3.8) is 0 Å². The van der Waals surface area contributed by atoms with Gasteiger partial charge in [0.1, 0.15) is 5.75 Å². The number of piperidine rings is 1. The number of nitrogens with zero attached hydrogens (tertiary/aromatic N) is 2. The van der Waals surface area contributed by atoms with E-state index in [4.69, 9.17) is 9.72 Å². The van der Waals surface area contributed by atoms with Crippen molar-refractivity contribution in [1.29, 1.82) is 0 Å². The molecule has 8 heteroatoms. The second-order valence-corrected chi connectivity index (χ2v) is 8.36. The number of carbonyl (C=O) groups excluding carboxylic acids is 2. The van der Waals surface area contributed by atoms with Gasteiger partial charge in [-0.05, 0) is 62.3 Å². The first-order chi connectivity index (χ1) is 14.6. The van der Waals surface area contributed by atoms with Crippen LogP contribution in [-0.2, 0) is 4.79 Å². The van der Waals surface area contributed by atoms with Crippen LogP contribution in [0.1, 0.15) is 23.8 Å². The zero-order chi connectivity index (χ0) is 20.9. The highest BCUT2D eigenvalue weighted by Gasteiger charge is 2.24. The summed E-state index contributed by atoms with van der Waals surface area (Å²) in [5.74, 6) is 0.825. The molecule has 30 heavy (non-hydrogen) atoms. The fraction of sp³-hybridized carbons (Fsp3) is 0.318. The lowest BCUT2D eigenvalue weighted by Gasteiger charge is -2.30. The monoisotopic (exact) mass is 424 g/mol. The Morgan fingerprint density at radius 3 is 2.57 bits per heavy atom. The molecule has 0 atom stereocenters. The van der Waals surface area contributed by atoms with Crippen LogP contribution in [0.15, 0.2) is 48.5 Å². The van der Waals surface area contributed by atoms with Crippen molar-refractivity contribution in [3.8, 4) is 5.75 Å². The summed E-state index contributed by atoms with van der Waals surface area (Å²) in [6.45, 7) is 1.84. The number of carbonyl (C=O) groups is 2. The minimum Gasteiger partial charge on any atom is -0.497 e. The van der Waals surface area contributed by atoms with Gasteiger partial charge in [-0.15, -0.1) is 11.3 Å². The van der Waals surface area contributed by atoms with Crippen LogP contribution in [0.5, 0.6) is 5.75 Å². The lowest BCUT2D eigenvalue weighted by Crippen LogP contribution is -2.44. The minimum atomic E-state index is -0.533. The maximum atomic E-state index is 12.2. The number of fused-ring (bicyclic) bond motifs is 1. The zero-order valence-electron chi connectivity index (χ0n) is 16.8. The highest BCUT2D eigenvalue weighted by Crippen LogP contribution is 2.33. The molecule has 1 aliphatic rings. The number of likely N-dealkylation sites (tertiary alicyclic amines) is 1. The number of anilines is 1. The first-order valence-corrected chi connectivity index (χ1v) is 10.7. The van der Waals surface area contributed by atoms with Gasteiger partial charge in [-0.25, -0.2) is 9.78 Å². The van der Waals surface area contributed by atoms with Crippen LogP contribution in [0.3, 0.4) is 0 Å². The Balaban J connectivity index is 1.23. The second-order valence-electron chi connectivity index (χ2n) is 7.30. The smallest absolute Gasteiger partial charge is 0.325 e. The summed E-state index contributed by atoms with van der Waals surface area (Å²) in [6.07, 6.45) is 1.93. The van der Waals surface area contributed by atoms with E-state index in [1.165, 1.54) is 9.71 Å². The summed E-state index contributed by atoms with van der Waals surface area (Å²) in [5, 5.41) is 6.22. The molecule has 1 aliphatic heterocycles. The molecule has 0 spiro atoms. The molecule has 3 amide bonds. The summed E-state index contributed by atoms with van der Waals surface area (Å²) in [5.41, 5.74) is 1.65. The predicted octanol–water partition coefficient (Wildman–Crippen LogP) is 3.83. The lowest BCUT2D eigenvalue weighted by atomic mass is 9.97. The van der Waals surface area contributed by atoms with E-state index in [0.717, 1.165) is 31.4 Å². The van der Waals surface area contributed by atoms with Crippen molar-refractivity contribution < 1.29 is 14.3 Å². The molecule has 0 bridgehead atoms. The van der Waals surface area contributed by atoms with Crippen LogP contribution in [0.4, 0.5) is 10.5 Å². The lowest BCUT2D eigenvalue weighted by molar-refractivity contribution is -0.121. The number of thiazole rings is 1. The molecule has 7 nitrogen and oxygen atoms in total. The van der Waals surface area contributed by atoms with Gasteiger partial charge in [-0.2, -0.15) is 0 Å². The summed E-state index contributed by atoms with van der Waals surface area (Å²) in [6, 6.07) is 14.6. The molecular formula is C22H24N4O3S. The van der Waals surface area contributed by atoms with Gasteiger partial charge in [-0.3, -0.25) is 15.0 Å². The number of para-hydroxylation sites is 1. The second kappa shape index (κ2) is 9.23. The molecule has 2 aromatic carbocycles. The number of ether oxygens (including phenoxy) is 1. The standard InChI is InChI=1S/C22H24N4O3S/c1-29-17-8-6-16(7-9-17)23-22(28)25-20(27)14-26-12-10-15(11-13-26)21-24-18-4-2-3-5-19(18)30-21/h2-9,15H,10-14H2,1H3,(H2,23,25,27,28). The van der Waals surface area contributed by atoms with Crippen LogP contribution in [0.25, 0.3) is 10.2 Å². The van der Waals surface area contributed by atoms with E-state index in [0.29, 0.717) is 17.4 Å². The zero-order valence-corrected chi connectivity index (χ0v) is 17.6. The average Bonchev–Trinajstić information content (AvgIpc) is 3.19. The van der Waals surface area contributed by atoms with E-state index in [9.17, 15) is 9.59 Å². The number of nitrogens with one attached hydrogen (secondary N) is 2. The van der Waals surface area contributed by atoms with E-state index in [2.05, 4.69) is 21.6 Å². The third-order valence-electron chi connectivity index (χ3n) is 5.22. The van der Waals surface area contributed by atoms with Crippen LogP contribution >= 0.6 is 11.3 Å². The van der Waals surface area contributed by atoms with E-state index in [-0.39, 0.29) is 12.5 Å². The quantitative estimate of drug-likeness (QED) is 0.650. The predicted molar refractivity (Wildman–Crippen MR) is 118 cm³/mol. The van der Waals surface area contributed by atoms with Gasteiger partial charge in [0.05, 0.1) is 28.9 Å². The number of imide groups is 1. The molecule has 0 radical (unpaired) electrons. The Kier molecular flexibility index (Phi) is 6.25. The Bertz CT molecular complexity index is 993. The number of amides is 3. The highest BCUT2D eigenvalue weighted by atomic mass is 32.1. The van der Waals surface area contributed by atoms with Gasteiger partial charge in [-0.1, -0.05) is 12.1 Å². The normalized spacial score (nSPS) is 15.1. The van der Waals surface area contributed by atoms with Crippen molar-refractivity contribution >= 4 is 39.2 Å². The summed E-state index contributed by atoms with van der Waals surface area (Å²) >= 11 is 1.76. The van der Waals surface area contributed by atoms with Gasteiger partial charge in [0.25, 0.3) is 0 Å². The van der Waals surface area contributed by atoms with Crippen LogP contribution in [0.2, 0.25) is 0 Å². The van der Waals surface area contributed by atoms with Crippen LogP contribution in [-0.4, -0.2) is 48.6 Å². The third-order valence-corrected chi connectivity index (χ3v) is 6.41. The molecule has 2 N–H and O–H groups in total. The van der Waals surface area contributed by atoms with Gasteiger partial charge in [0, 0.05) is 11.6 Å². The average molecular weight is 425 g/mol. The topological polar surface area (TPSA) is 83.6 Å². The molecule has 1 aromatic heterocycles. The highest BCUT2D eigenvalue weighted by molar-refractivity contribution is 7.18. The van der Waals surface area contributed by atoms with E-state index < -0.39 is 6.03 Å². The number of hydrogen-bond donors (Lipinski definition) is 2. The van der Waals surface area contributed by atoms with Gasteiger partial charge < -0.3 is 10.1 Å². The Hall–Kier alpha value is -2.97. The SMILES string of the molecule is COc1ccc(NC(=O)NC(=O)CN2CCC(c3nc4ccccc4s3)CC2)cc1. The summed E-state index contributed by atoms with van der Waals surface area (Å²) in [4.78, 5) is 31.1. The summed E-state index contributed by atoms with van der Waals surface area (Å²) in [7, 11) is 1.58.